The van der Waals surface area contributed by atoms with Gasteiger partial charge in [0.15, 0.2) is 0 Å². The summed E-state index contributed by atoms with van der Waals surface area (Å²) < 4.78 is 10.1. The van der Waals surface area contributed by atoms with E-state index in [-0.39, 0.29) is 5.97 Å². The van der Waals surface area contributed by atoms with Crippen LogP contribution in [0, 0.1) is 0 Å². The molecule has 0 aromatic carbocycles. The van der Waals surface area contributed by atoms with Gasteiger partial charge >= 0.3 is 5.97 Å². The molecule has 3 heteroatoms. The van der Waals surface area contributed by atoms with Crippen LogP contribution in [0.25, 0.3) is 0 Å². The average Bonchev–Trinajstić information content (AvgIpc) is 2.69. The highest BCUT2D eigenvalue weighted by Crippen LogP contribution is 2.21. The number of esters is 1. The van der Waals surface area contributed by atoms with Gasteiger partial charge in [0.05, 0.1) is 0 Å². The number of allylic oxidation sites excluding steroid dienone is 4. The van der Waals surface area contributed by atoms with E-state index < -0.39 is 6.29 Å². The number of carbonyl (C=O) groups is 1. The van der Waals surface area contributed by atoms with Gasteiger partial charge in [-0.2, -0.15) is 0 Å². The Kier molecular flexibility index (Phi) is 6.57. The first-order chi connectivity index (χ1) is 9.02. The second kappa shape index (κ2) is 7.95. The molecule has 1 heterocycles. The number of carbonyl (C=O) groups excluding carboxylic acids is 1. The summed E-state index contributed by atoms with van der Waals surface area (Å²) in [6.45, 7) is 6.39. The molecule has 0 saturated heterocycles. The van der Waals surface area contributed by atoms with Crippen molar-refractivity contribution in [3.05, 3.63) is 34.9 Å². The molecule has 0 aromatic rings. The molecule has 3 nitrogen and oxygen atoms in total. The summed E-state index contributed by atoms with van der Waals surface area (Å²) in [6.07, 6.45) is 9.46. The van der Waals surface area contributed by atoms with Gasteiger partial charge in [0.2, 0.25) is 6.29 Å². The molecule has 0 radical (unpaired) electrons. The Morgan fingerprint density at radius 1 is 1.32 bits per heavy atom. The maximum Gasteiger partial charge on any atom is 0.333 e. The topological polar surface area (TPSA) is 35.5 Å². The molecule has 19 heavy (non-hydrogen) atoms. The van der Waals surface area contributed by atoms with Crippen molar-refractivity contribution in [2.45, 2.75) is 52.7 Å². The van der Waals surface area contributed by atoms with Gasteiger partial charge in [-0.25, -0.2) is 4.79 Å². The van der Waals surface area contributed by atoms with Crippen molar-refractivity contribution < 1.29 is 14.3 Å². The van der Waals surface area contributed by atoms with E-state index in [1.807, 2.05) is 0 Å². The summed E-state index contributed by atoms with van der Waals surface area (Å²) >= 11 is 0. The third-order valence-electron chi connectivity index (χ3n) is 3.06. The van der Waals surface area contributed by atoms with E-state index >= 15 is 0 Å². The van der Waals surface area contributed by atoms with Crippen LogP contribution in [0.2, 0.25) is 0 Å². The van der Waals surface area contributed by atoms with Crippen molar-refractivity contribution in [2.75, 3.05) is 7.11 Å². The Balaban J connectivity index is 2.34. The highest BCUT2D eigenvalue weighted by molar-refractivity contribution is 5.85. The first-order valence-corrected chi connectivity index (χ1v) is 6.75. The standard InChI is InChI=1S/C16H24O3/c1-12(2)7-5-8-13(3)9-6-10-14-11-15(17)19-16(14)18-4/h7,9,11,16H,5-6,8,10H2,1-4H3/b13-9+. The SMILES string of the molecule is COC1OC(=O)C=C1CC/C=C(\C)CCC=C(C)C. The molecule has 0 saturated carbocycles. The Bertz CT molecular complexity index is 398. The van der Waals surface area contributed by atoms with Gasteiger partial charge < -0.3 is 9.47 Å². The summed E-state index contributed by atoms with van der Waals surface area (Å²) in [5.74, 6) is -0.300. The van der Waals surface area contributed by atoms with Gasteiger partial charge in [-0.15, -0.1) is 0 Å². The third-order valence-corrected chi connectivity index (χ3v) is 3.06. The zero-order valence-electron chi connectivity index (χ0n) is 12.4. The lowest BCUT2D eigenvalue weighted by Crippen LogP contribution is -2.13. The van der Waals surface area contributed by atoms with Crippen LogP contribution in [0.5, 0.6) is 0 Å². The second-order valence-electron chi connectivity index (χ2n) is 5.13. The van der Waals surface area contributed by atoms with Crippen LogP contribution in [-0.4, -0.2) is 19.4 Å². The number of rotatable bonds is 7. The van der Waals surface area contributed by atoms with Crippen LogP contribution in [0.1, 0.15) is 46.5 Å². The predicted molar refractivity (Wildman–Crippen MR) is 76.6 cm³/mol. The Morgan fingerprint density at radius 3 is 2.68 bits per heavy atom. The highest BCUT2D eigenvalue weighted by atomic mass is 16.7. The molecular weight excluding hydrogens is 240 g/mol. The van der Waals surface area contributed by atoms with E-state index in [9.17, 15) is 4.79 Å². The number of methoxy groups -OCH3 is 1. The summed E-state index contributed by atoms with van der Waals surface area (Å²) in [4.78, 5) is 11.1. The van der Waals surface area contributed by atoms with Crippen LogP contribution < -0.4 is 0 Å². The first-order valence-electron chi connectivity index (χ1n) is 6.75. The largest absolute Gasteiger partial charge is 0.428 e. The minimum absolute atomic E-state index is 0.300. The molecular formula is C16H24O3. The number of cyclic esters (lactones) is 1. The minimum Gasteiger partial charge on any atom is -0.428 e. The zero-order chi connectivity index (χ0) is 14.3. The van der Waals surface area contributed by atoms with Crippen LogP contribution >= 0.6 is 0 Å². The van der Waals surface area contributed by atoms with Crippen LogP contribution in [-0.2, 0) is 14.3 Å². The first kappa shape index (κ1) is 15.7. The fraction of sp³-hybridized carbons (Fsp3) is 0.562. The van der Waals surface area contributed by atoms with Gasteiger partial charge in [0.1, 0.15) is 0 Å². The van der Waals surface area contributed by atoms with Gasteiger partial charge in [-0.05, 0) is 46.5 Å². The van der Waals surface area contributed by atoms with Crippen molar-refractivity contribution in [1.29, 1.82) is 0 Å². The van der Waals surface area contributed by atoms with E-state index in [0.29, 0.717) is 0 Å². The summed E-state index contributed by atoms with van der Waals surface area (Å²) in [6, 6.07) is 0. The quantitative estimate of drug-likeness (QED) is 0.516. The maximum atomic E-state index is 11.1. The molecule has 1 aliphatic heterocycles. The fourth-order valence-electron chi connectivity index (χ4n) is 2.00. The second-order valence-corrected chi connectivity index (χ2v) is 5.13. The smallest absolute Gasteiger partial charge is 0.333 e. The summed E-state index contributed by atoms with van der Waals surface area (Å²) in [7, 11) is 1.55. The van der Waals surface area contributed by atoms with Gasteiger partial charge in [0.25, 0.3) is 0 Å². The Hall–Kier alpha value is -1.35. The molecule has 106 valence electrons. The van der Waals surface area contributed by atoms with E-state index in [1.165, 1.54) is 11.1 Å². The zero-order valence-corrected chi connectivity index (χ0v) is 12.4. The molecule has 0 spiro atoms. The lowest BCUT2D eigenvalue weighted by molar-refractivity contribution is -0.155. The number of hydrogen-bond acceptors (Lipinski definition) is 3. The molecule has 1 unspecified atom stereocenters. The molecule has 0 aromatic heterocycles. The van der Waals surface area contributed by atoms with E-state index in [4.69, 9.17) is 9.47 Å². The normalized spacial score (nSPS) is 19.2. The van der Waals surface area contributed by atoms with E-state index in [0.717, 1.165) is 31.3 Å². The lowest BCUT2D eigenvalue weighted by Gasteiger charge is -2.11. The monoisotopic (exact) mass is 264 g/mol. The van der Waals surface area contributed by atoms with Gasteiger partial charge in [0, 0.05) is 18.8 Å². The van der Waals surface area contributed by atoms with Crippen LogP contribution in [0.3, 0.4) is 0 Å². The van der Waals surface area contributed by atoms with Gasteiger partial charge in [-0.3, -0.25) is 0 Å². The molecule has 0 fully saturated rings. The summed E-state index contributed by atoms with van der Waals surface area (Å²) in [5.41, 5.74) is 3.68. The number of hydrogen-bond donors (Lipinski definition) is 0. The van der Waals surface area contributed by atoms with Crippen molar-refractivity contribution in [1.82, 2.24) is 0 Å². The molecule has 1 aliphatic rings. The van der Waals surface area contributed by atoms with Gasteiger partial charge in [-0.1, -0.05) is 23.3 Å². The molecule has 1 rings (SSSR count). The third kappa shape index (κ3) is 5.88. The number of ether oxygens (including phenoxy) is 2. The van der Waals surface area contributed by atoms with Crippen LogP contribution in [0.15, 0.2) is 34.9 Å². The maximum absolute atomic E-state index is 11.1. The van der Waals surface area contributed by atoms with Crippen LogP contribution in [0.4, 0.5) is 0 Å². The molecule has 0 aliphatic carbocycles. The average molecular weight is 264 g/mol. The Morgan fingerprint density at radius 2 is 2.05 bits per heavy atom. The molecule has 0 bridgehead atoms. The summed E-state index contributed by atoms with van der Waals surface area (Å²) in [5, 5.41) is 0. The van der Waals surface area contributed by atoms with E-state index in [2.05, 4.69) is 32.9 Å². The Labute approximate surface area is 116 Å². The van der Waals surface area contributed by atoms with Crippen molar-refractivity contribution in [3.63, 3.8) is 0 Å². The lowest BCUT2D eigenvalue weighted by atomic mass is 10.1. The van der Waals surface area contributed by atoms with Crippen molar-refractivity contribution in [2.24, 2.45) is 0 Å². The van der Waals surface area contributed by atoms with E-state index in [1.54, 1.807) is 13.2 Å². The van der Waals surface area contributed by atoms with Crippen molar-refractivity contribution >= 4 is 5.97 Å². The predicted octanol–water partition coefficient (Wildman–Crippen LogP) is 3.92. The molecule has 0 amide bonds. The van der Waals surface area contributed by atoms with Crippen molar-refractivity contribution in [3.8, 4) is 0 Å². The fourth-order valence-corrected chi connectivity index (χ4v) is 2.00. The molecule has 0 N–H and O–H groups in total. The highest BCUT2D eigenvalue weighted by Gasteiger charge is 2.24. The minimum atomic E-state index is -0.480. The molecule has 1 atom stereocenters.